The third-order valence-corrected chi connectivity index (χ3v) is 4.14. The lowest BCUT2D eigenvalue weighted by atomic mass is 10.1. The highest BCUT2D eigenvalue weighted by atomic mass is 16.5. The summed E-state index contributed by atoms with van der Waals surface area (Å²) in [6, 6.07) is 6.04. The third-order valence-electron chi connectivity index (χ3n) is 4.14. The zero-order chi connectivity index (χ0) is 21.1. The lowest BCUT2D eigenvalue weighted by Gasteiger charge is -2.10. The number of nitrogens with one attached hydrogen (secondary N) is 1. The van der Waals surface area contributed by atoms with E-state index in [2.05, 4.69) is 26.8 Å². The van der Waals surface area contributed by atoms with Gasteiger partial charge in [-0.2, -0.15) is 9.97 Å². The minimum absolute atomic E-state index is 0.295. The predicted octanol–water partition coefficient (Wildman–Crippen LogP) is 4.16. The molecule has 7 nitrogen and oxygen atoms in total. The molecule has 0 bridgehead atoms. The second-order valence-electron chi connectivity index (χ2n) is 6.20. The summed E-state index contributed by atoms with van der Waals surface area (Å²) < 4.78 is 15.5. The van der Waals surface area contributed by atoms with Crippen molar-refractivity contribution in [2.75, 3.05) is 33.2 Å². The number of ether oxygens (including phenoxy) is 3. The van der Waals surface area contributed by atoms with Crippen LogP contribution in [-0.4, -0.2) is 42.8 Å². The highest BCUT2D eigenvalue weighted by Crippen LogP contribution is 2.22. The number of rotatable bonds is 11. The zero-order valence-electron chi connectivity index (χ0n) is 17.4. The smallest absolute Gasteiger partial charge is 0.318 e. The van der Waals surface area contributed by atoms with Gasteiger partial charge >= 0.3 is 6.01 Å². The highest BCUT2D eigenvalue weighted by molar-refractivity contribution is 5.62. The Morgan fingerprint density at radius 2 is 2.00 bits per heavy atom. The Hall–Kier alpha value is -3.19. The van der Waals surface area contributed by atoms with Gasteiger partial charge in [0.05, 0.1) is 38.0 Å². The van der Waals surface area contributed by atoms with Crippen LogP contribution in [0.25, 0.3) is 11.3 Å². The van der Waals surface area contributed by atoms with E-state index in [1.54, 1.807) is 27.5 Å². The van der Waals surface area contributed by atoms with Crippen LogP contribution in [0.15, 0.2) is 60.5 Å². The van der Waals surface area contributed by atoms with Crippen molar-refractivity contribution in [2.24, 2.45) is 0 Å². The van der Waals surface area contributed by atoms with Crippen molar-refractivity contribution < 1.29 is 14.2 Å². The first kappa shape index (κ1) is 22.1. The molecule has 0 amide bonds. The largest absolute Gasteiger partial charge is 0.501 e. The lowest BCUT2D eigenvalue weighted by Crippen LogP contribution is -2.06. The molecule has 0 aliphatic heterocycles. The number of pyridine rings is 1. The van der Waals surface area contributed by atoms with E-state index in [0.717, 1.165) is 34.7 Å². The summed E-state index contributed by atoms with van der Waals surface area (Å²) in [5.41, 5.74) is 3.56. The Balaban J connectivity index is 2.11. The predicted molar refractivity (Wildman–Crippen MR) is 115 cm³/mol. The van der Waals surface area contributed by atoms with Crippen molar-refractivity contribution in [3.8, 4) is 17.3 Å². The van der Waals surface area contributed by atoms with Crippen LogP contribution in [0.1, 0.15) is 19.0 Å². The van der Waals surface area contributed by atoms with Gasteiger partial charge in [-0.3, -0.25) is 4.98 Å². The maximum absolute atomic E-state index is 5.25. The number of anilines is 1. The van der Waals surface area contributed by atoms with Crippen LogP contribution in [0.5, 0.6) is 6.01 Å². The van der Waals surface area contributed by atoms with E-state index in [4.69, 9.17) is 14.2 Å². The number of allylic oxidation sites excluding steroid dienone is 4. The molecule has 7 heteroatoms. The summed E-state index contributed by atoms with van der Waals surface area (Å²) in [4.78, 5) is 13.2. The van der Waals surface area contributed by atoms with Crippen LogP contribution in [-0.2, 0) is 16.1 Å². The Labute approximate surface area is 172 Å². The molecular weight excluding hydrogens is 368 g/mol. The molecule has 2 rings (SSSR count). The highest BCUT2D eigenvalue weighted by Gasteiger charge is 2.08. The monoisotopic (exact) mass is 396 g/mol. The van der Waals surface area contributed by atoms with Gasteiger partial charge in [-0.15, -0.1) is 0 Å². The number of hydrogen-bond donors (Lipinski definition) is 1. The Morgan fingerprint density at radius 3 is 2.62 bits per heavy atom. The topological polar surface area (TPSA) is 78.4 Å². The first-order valence-electron chi connectivity index (χ1n) is 9.24. The van der Waals surface area contributed by atoms with E-state index in [1.807, 2.05) is 43.4 Å². The molecule has 0 unspecified atom stereocenters. The van der Waals surface area contributed by atoms with Gasteiger partial charge in [0, 0.05) is 31.5 Å². The van der Waals surface area contributed by atoms with Crippen molar-refractivity contribution in [2.45, 2.75) is 20.0 Å². The Bertz CT molecular complexity index is 861. The standard InChI is InChI=1S/C22H28N4O3/c1-6-17(8-7-16(2)28-4)11-12-23-21-13-20(25-22(26-21)29-5)18-9-10-19(15-27-3)24-14-18/h6-10,13-14H,1,11-12,15H2,2-5H3,(H,23,25,26)/b16-7+,17-8+. The van der Waals surface area contributed by atoms with E-state index < -0.39 is 0 Å². The summed E-state index contributed by atoms with van der Waals surface area (Å²) in [7, 11) is 4.84. The normalized spacial score (nSPS) is 11.9. The average Bonchev–Trinajstić information content (AvgIpc) is 2.76. The van der Waals surface area contributed by atoms with Crippen LogP contribution in [0, 0.1) is 0 Å². The van der Waals surface area contributed by atoms with Gasteiger partial charge in [0.1, 0.15) is 5.82 Å². The fourth-order valence-electron chi connectivity index (χ4n) is 2.44. The molecule has 154 valence electrons. The molecule has 29 heavy (non-hydrogen) atoms. The summed E-state index contributed by atoms with van der Waals surface area (Å²) >= 11 is 0. The maximum Gasteiger partial charge on any atom is 0.318 e. The fraction of sp³-hybridized carbons (Fsp3) is 0.318. The minimum atomic E-state index is 0.295. The first-order valence-corrected chi connectivity index (χ1v) is 9.24. The molecule has 0 radical (unpaired) electrons. The third kappa shape index (κ3) is 7.04. The van der Waals surface area contributed by atoms with Crippen LogP contribution in [0.2, 0.25) is 0 Å². The molecule has 2 aromatic rings. The number of methoxy groups -OCH3 is 3. The van der Waals surface area contributed by atoms with Crippen LogP contribution in [0.3, 0.4) is 0 Å². The quantitative estimate of drug-likeness (QED) is 0.451. The lowest BCUT2D eigenvalue weighted by molar-refractivity contribution is 0.181. The van der Waals surface area contributed by atoms with Crippen molar-refractivity contribution >= 4 is 5.82 Å². The summed E-state index contributed by atoms with van der Waals surface area (Å²) in [6.45, 7) is 6.92. The molecule has 0 aliphatic carbocycles. The first-order chi connectivity index (χ1) is 14.1. The number of nitrogens with zero attached hydrogens (tertiary/aromatic N) is 3. The molecule has 0 saturated heterocycles. The van der Waals surface area contributed by atoms with E-state index >= 15 is 0 Å². The van der Waals surface area contributed by atoms with Gasteiger partial charge < -0.3 is 19.5 Å². The molecule has 2 heterocycles. The van der Waals surface area contributed by atoms with Gasteiger partial charge in [0.25, 0.3) is 0 Å². The minimum Gasteiger partial charge on any atom is -0.501 e. The Kier molecular flexibility index (Phi) is 8.85. The SMILES string of the molecule is C=C/C(=C\C=C(/C)OC)CCNc1cc(-c2ccc(COC)nc2)nc(OC)n1. The van der Waals surface area contributed by atoms with Crippen molar-refractivity contribution in [1.29, 1.82) is 0 Å². The summed E-state index contributed by atoms with van der Waals surface area (Å²) in [5, 5.41) is 3.32. The Morgan fingerprint density at radius 1 is 1.17 bits per heavy atom. The second-order valence-corrected chi connectivity index (χ2v) is 6.20. The molecule has 1 N–H and O–H groups in total. The fourth-order valence-corrected chi connectivity index (χ4v) is 2.44. The second kappa shape index (κ2) is 11.6. The van der Waals surface area contributed by atoms with Gasteiger partial charge in [0.15, 0.2) is 0 Å². The van der Waals surface area contributed by atoms with Gasteiger partial charge in [-0.25, -0.2) is 0 Å². The van der Waals surface area contributed by atoms with Crippen molar-refractivity contribution in [3.63, 3.8) is 0 Å². The van der Waals surface area contributed by atoms with E-state index in [0.29, 0.717) is 25.0 Å². The molecule has 0 atom stereocenters. The molecule has 0 saturated carbocycles. The van der Waals surface area contributed by atoms with E-state index in [9.17, 15) is 0 Å². The van der Waals surface area contributed by atoms with Gasteiger partial charge in [-0.05, 0) is 37.1 Å². The van der Waals surface area contributed by atoms with Crippen LogP contribution >= 0.6 is 0 Å². The molecule has 0 spiro atoms. The van der Waals surface area contributed by atoms with Crippen LogP contribution < -0.4 is 10.1 Å². The molecule has 0 aliphatic rings. The van der Waals surface area contributed by atoms with Crippen molar-refractivity contribution in [3.05, 3.63) is 66.2 Å². The van der Waals surface area contributed by atoms with E-state index in [-0.39, 0.29) is 0 Å². The van der Waals surface area contributed by atoms with Gasteiger partial charge in [-0.1, -0.05) is 18.7 Å². The molecular formula is C22H28N4O3. The summed E-state index contributed by atoms with van der Waals surface area (Å²) in [5.74, 6) is 1.52. The number of hydrogen-bond acceptors (Lipinski definition) is 7. The van der Waals surface area contributed by atoms with Crippen molar-refractivity contribution in [1.82, 2.24) is 15.0 Å². The van der Waals surface area contributed by atoms with E-state index in [1.165, 1.54) is 0 Å². The van der Waals surface area contributed by atoms with Crippen LogP contribution in [0.4, 0.5) is 5.82 Å². The maximum atomic E-state index is 5.25. The van der Waals surface area contributed by atoms with Gasteiger partial charge in [0.2, 0.25) is 0 Å². The zero-order valence-corrected chi connectivity index (χ0v) is 17.4. The molecule has 2 aromatic heterocycles. The molecule has 0 aromatic carbocycles. The average molecular weight is 396 g/mol. The molecule has 0 fully saturated rings. The summed E-state index contributed by atoms with van der Waals surface area (Å²) in [6.07, 6.45) is 8.30. The number of aromatic nitrogens is 3.